The van der Waals surface area contributed by atoms with Crippen LogP contribution >= 0.6 is 11.6 Å². The minimum Gasteiger partial charge on any atom is -0.450 e. The summed E-state index contributed by atoms with van der Waals surface area (Å²) in [4.78, 5) is 11.3. The predicted octanol–water partition coefficient (Wildman–Crippen LogP) is 4.63. The van der Waals surface area contributed by atoms with Crippen LogP contribution < -0.4 is 10.6 Å². The molecule has 0 saturated carbocycles. The maximum atomic E-state index is 13.3. The molecule has 1 aromatic rings. The van der Waals surface area contributed by atoms with Crippen LogP contribution in [0.25, 0.3) is 0 Å². The second kappa shape index (κ2) is 6.96. The highest BCUT2D eigenvalue weighted by Crippen LogP contribution is 2.44. The number of carbonyl (C=O) groups is 1. The number of anilines is 1. The highest BCUT2D eigenvalue weighted by molar-refractivity contribution is 6.31. The van der Waals surface area contributed by atoms with E-state index >= 15 is 0 Å². The summed E-state index contributed by atoms with van der Waals surface area (Å²) in [5.41, 5.74) is -5.35. The fourth-order valence-electron chi connectivity index (χ4n) is 1.74. The smallest absolute Gasteiger partial charge is 0.439 e. The van der Waals surface area contributed by atoms with Crippen molar-refractivity contribution in [3.05, 3.63) is 28.8 Å². The van der Waals surface area contributed by atoms with E-state index in [1.54, 1.807) is 0 Å². The van der Waals surface area contributed by atoms with Gasteiger partial charge in [-0.3, -0.25) is 5.32 Å². The summed E-state index contributed by atoms with van der Waals surface area (Å²) in [5.74, 6) is 0. The third kappa shape index (κ3) is 3.97. The number of halogens is 7. The Hall–Kier alpha value is -1.84. The monoisotopic (exact) mass is 378 g/mol. The average Bonchev–Trinajstić information content (AvgIpc) is 2.40. The maximum absolute atomic E-state index is 13.3. The Morgan fingerprint density at radius 3 is 2.17 bits per heavy atom. The van der Waals surface area contributed by atoms with Crippen LogP contribution in [0.1, 0.15) is 12.5 Å². The molecule has 0 saturated heterocycles. The van der Waals surface area contributed by atoms with E-state index in [1.165, 1.54) is 31.3 Å². The van der Waals surface area contributed by atoms with Gasteiger partial charge in [-0.25, -0.2) is 4.79 Å². The van der Waals surface area contributed by atoms with E-state index in [4.69, 9.17) is 11.6 Å². The molecule has 0 bridgehead atoms. The van der Waals surface area contributed by atoms with E-state index in [0.717, 1.165) is 11.4 Å². The van der Waals surface area contributed by atoms with Crippen LogP contribution in [0.4, 0.5) is 36.8 Å². The fraction of sp³-hybridized carbons (Fsp3) is 0.462. The van der Waals surface area contributed by atoms with Crippen LogP contribution in [0.2, 0.25) is 5.02 Å². The van der Waals surface area contributed by atoms with Crippen molar-refractivity contribution < 1.29 is 35.9 Å². The van der Waals surface area contributed by atoms with Crippen LogP contribution in [-0.4, -0.2) is 30.7 Å². The Morgan fingerprint density at radius 2 is 1.71 bits per heavy atom. The van der Waals surface area contributed by atoms with Crippen molar-refractivity contribution in [3.8, 4) is 0 Å². The number of nitrogens with one attached hydrogen (secondary N) is 2. The summed E-state index contributed by atoms with van der Waals surface area (Å²) in [6, 6.07) is 3.43. The first-order valence-corrected chi connectivity index (χ1v) is 6.85. The molecule has 0 aliphatic rings. The van der Waals surface area contributed by atoms with Crippen molar-refractivity contribution in [1.29, 1.82) is 0 Å². The van der Waals surface area contributed by atoms with Gasteiger partial charge < -0.3 is 10.1 Å². The van der Waals surface area contributed by atoms with Crippen LogP contribution in [0, 0.1) is 6.92 Å². The first-order chi connectivity index (χ1) is 10.9. The number of benzene rings is 1. The summed E-state index contributed by atoms with van der Waals surface area (Å²) in [7, 11) is 0. The minimum atomic E-state index is -5.92. The van der Waals surface area contributed by atoms with Crippen LogP contribution in [0.3, 0.4) is 0 Å². The van der Waals surface area contributed by atoms with Crippen molar-refractivity contribution in [1.82, 2.24) is 5.32 Å². The van der Waals surface area contributed by atoms with Crippen LogP contribution in [0.15, 0.2) is 18.2 Å². The van der Waals surface area contributed by atoms with Gasteiger partial charge in [0.1, 0.15) is 0 Å². The van der Waals surface area contributed by atoms with E-state index in [-0.39, 0.29) is 10.6 Å². The molecule has 0 aromatic heterocycles. The average molecular weight is 379 g/mol. The van der Waals surface area contributed by atoms with Crippen molar-refractivity contribution in [3.63, 3.8) is 0 Å². The van der Waals surface area contributed by atoms with E-state index in [2.05, 4.69) is 4.74 Å². The molecule has 1 aromatic carbocycles. The normalized spacial score (nSPS) is 12.7. The molecule has 1 rings (SSSR count). The van der Waals surface area contributed by atoms with Gasteiger partial charge in [0.15, 0.2) is 0 Å². The molecule has 0 unspecified atom stereocenters. The van der Waals surface area contributed by atoms with Crippen LogP contribution in [0.5, 0.6) is 0 Å². The minimum absolute atomic E-state index is 0.0469. The zero-order chi connectivity index (χ0) is 18.8. The molecule has 1 amide bonds. The number of hydrogen-bond acceptors (Lipinski definition) is 3. The second-order valence-corrected chi connectivity index (χ2v) is 5.04. The molecule has 2 N–H and O–H groups in total. The van der Waals surface area contributed by atoms with E-state index in [0.29, 0.717) is 0 Å². The lowest BCUT2D eigenvalue weighted by atomic mass is 10.1. The number of amides is 1. The number of hydrogen-bond donors (Lipinski definition) is 2. The highest BCUT2D eigenvalue weighted by Gasteiger charge is 2.73. The summed E-state index contributed by atoms with van der Waals surface area (Å²) in [6.07, 6.45) is -13.7. The lowest BCUT2D eigenvalue weighted by molar-refractivity contribution is -0.294. The molecule has 136 valence electrons. The number of carbonyl (C=O) groups excluding carboxylic acids is 1. The molecule has 0 aliphatic heterocycles. The topological polar surface area (TPSA) is 50.4 Å². The molecule has 11 heteroatoms. The van der Waals surface area contributed by atoms with E-state index in [9.17, 15) is 31.1 Å². The van der Waals surface area contributed by atoms with Crippen LogP contribution in [-0.2, 0) is 4.74 Å². The van der Waals surface area contributed by atoms with Gasteiger partial charge >= 0.3 is 24.1 Å². The first kappa shape index (κ1) is 20.2. The standard InChI is InChI=1S/C13H13ClF6N2O2/c1-3-24-10(23)22-11(12(15,16)17,13(18,19)20)21-9-6-4-5-8(14)7(9)2/h4-6,21H,3H2,1-2H3,(H,22,23). The van der Waals surface area contributed by atoms with Gasteiger partial charge in [0.2, 0.25) is 0 Å². The fourth-order valence-corrected chi connectivity index (χ4v) is 1.92. The molecule has 0 fully saturated rings. The molecule has 0 radical (unpaired) electrons. The van der Waals surface area contributed by atoms with Gasteiger partial charge in [-0.2, -0.15) is 26.3 Å². The molecule has 0 aliphatic carbocycles. The van der Waals surface area contributed by atoms with Gasteiger partial charge in [-0.1, -0.05) is 17.7 Å². The molecule has 0 atom stereocenters. The molecule has 4 nitrogen and oxygen atoms in total. The van der Waals surface area contributed by atoms with Crippen molar-refractivity contribution in [2.75, 3.05) is 11.9 Å². The third-order valence-corrected chi connectivity index (χ3v) is 3.41. The molecule has 0 heterocycles. The highest BCUT2D eigenvalue weighted by atomic mass is 35.5. The lowest BCUT2D eigenvalue weighted by Gasteiger charge is -2.38. The Morgan fingerprint density at radius 1 is 1.17 bits per heavy atom. The van der Waals surface area contributed by atoms with Gasteiger partial charge in [0.25, 0.3) is 0 Å². The Labute approximate surface area is 138 Å². The summed E-state index contributed by atoms with van der Waals surface area (Å²) in [6.45, 7) is 2.05. The van der Waals surface area contributed by atoms with E-state index in [1.807, 2.05) is 0 Å². The molecular weight excluding hydrogens is 366 g/mol. The summed E-state index contributed by atoms with van der Waals surface area (Å²) in [5, 5.41) is 2.12. The number of alkyl halides is 6. The van der Waals surface area contributed by atoms with Gasteiger partial charge in [0, 0.05) is 10.7 Å². The Balaban J connectivity index is 3.46. The largest absolute Gasteiger partial charge is 0.450 e. The number of alkyl carbamates (subject to hydrolysis) is 1. The third-order valence-electron chi connectivity index (χ3n) is 3.01. The zero-order valence-corrected chi connectivity index (χ0v) is 13.2. The Kier molecular flexibility index (Phi) is 5.86. The molecular formula is C13H13ClF6N2O2. The number of rotatable bonds is 4. The maximum Gasteiger partial charge on any atom is 0.439 e. The van der Waals surface area contributed by atoms with Gasteiger partial charge in [0.05, 0.1) is 6.61 Å². The summed E-state index contributed by atoms with van der Waals surface area (Å²) >= 11 is 5.71. The quantitative estimate of drug-likeness (QED) is 0.593. The molecule has 0 spiro atoms. The zero-order valence-electron chi connectivity index (χ0n) is 12.4. The first-order valence-electron chi connectivity index (χ1n) is 6.47. The summed E-state index contributed by atoms with van der Waals surface area (Å²) < 4.78 is 84.0. The van der Waals surface area contributed by atoms with Gasteiger partial charge in [-0.15, -0.1) is 0 Å². The SMILES string of the molecule is CCOC(=O)NC(Nc1cccc(Cl)c1C)(C(F)(F)F)C(F)(F)F. The van der Waals surface area contributed by atoms with E-state index < -0.39 is 36.4 Å². The Bertz CT molecular complexity index is 589. The number of ether oxygens (including phenoxy) is 1. The second-order valence-electron chi connectivity index (χ2n) is 4.63. The molecule has 24 heavy (non-hydrogen) atoms. The van der Waals surface area contributed by atoms with Crippen molar-refractivity contribution >= 4 is 23.4 Å². The van der Waals surface area contributed by atoms with Crippen molar-refractivity contribution in [2.45, 2.75) is 31.9 Å². The van der Waals surface area contributed by atoms with Gasteiger partial charge in [-0.05, 0) is 31.5 Å². The van der Waals surface area contributed by atoms with Crippen molar-refractivity contribution in [2.24, 2.45) is 0 Å². The predicted molar refractivity (Wildman–Crippen MR) is 74.8 cm³/mol. The lowest BCUT2D eigenvalue weighted by Crippen LogP contribution is -2.72.